The predicted octanol–water partition coefficient (Wildman–Crippen LogP) is 2.40. The summed E-state index contributed by atoms with van der Waals surface area (Å²) in [5.74, 6) is 0.234. The fraction of sp³-hybridized carbons (Fsp3) is 0.533. The lowest BCUT2D eigenvalue weighted by Gasteiger charge is -2.25. The maximum Gasteiger partial charge on any atom is 0.227 e. The summed E-state index contributed by atoms with van der Waals surface area (Å²) in [7, 11) is 0. The summed E-state index contributed by atoms with van der Waals surface area (Å²) in [6.45, 7) is 2.49. The molecule has 4 heteroatoms. The maximum atomic E-state index is 11.8. The van der Waals surface area contributed by atoms with Crippen LogP contribution in [0.1, 0.15) is 25.7 Å². The highest BCUT2D eigenvalue weighted by molar-refractivity contribution is 5.95. The summed E-state index contributed by atoms with van der Waals surface area (Å²) < 4.78 is 5.47. The van der Waals surface area contributed by atoms with Gasteiger partial charge in [-0.3, -0.25) is 4.79 Å². The molecule has 1 atom stereocenters. The van der Waals surface area contributed by atoms with Crippen LogP contribution in [-0.4, -0.2) is 31.7 Å². The van der Waals surface area contributed by atoms with Crippen LogP contribution >= 0.6 is 0 Å². The van der Waals surface area contributed by atoms with E-state index >= 15 is 0 Å². The largest absolute Gasteiger partial charge is 0.380 e. The molecule has 19 heavy (non-hydrogen) atoms. The van der Waals surface area contributed by atoms with Crippen molar-refractivity contribution in [1.29, 1.82) is 0 Å². The van der Waals surface area contributed by atoms with Crippen molar-refractivity contribution in [3.8, 4) is 0 Å². The van der Waals surface area contributed by atoms with Crippen molar-refractivity contribution < 1.29 is 9.53 Å². The van der Waals surface area contributed by atoms with Crippen molar-refractivity contribution in [2.75, 3.05) is 30.0 Å². The van der Waals surface area contributed by atoms with Gasteiger partial charge in [0.15, 0.2) is 0 Å². The number of amides is 1. The van der Waals surface area contributed by atoms with Crippen LogP contribution in [-0.2, 0) is 9.53 Å². The molecule has 2 aliphatic rings. The van der Waals surface area contributed by atoms with Crippen molar-refractivity contribution in [3.05, 3.63) is 24.3 Å². The van der Waals surface area contributed by atoms with E-state index in [0.29, 0.717) is 12.5 Å². The molecule has 2 heterocycles. The predicted molar refractivity (Wildman–Crippen MR) is 75.5 cm³/mol. The number of anilines is 2. The molecule has 0 saturated carbocycles. The quantitative estimate of drug-likeness (QED) is 0.907. The standard InChI is InChI=1S/C15H20N2O2/c18-15-7-2-8-17(15)14-6-1-4-12(10-14)16-13-5-3-9-19-11-13/h1,4,6,10,13,16H,2-3,5,7-9,11H2. The summed E-state index contributed by atoms with van der Waals surface area (Å²) in [5, 5.41) is 3.50. The molecule has 1 unspecified atom stereocenters. The number of benzene rings is 1. The van der Waals surface area contributed by atoms with Gasteiger partial charge in [-0.1, -0.05) is 6.07 Å². The lowest BCUT2D eigenvalue weighted by atomic mass is 10.1. The number of hydrogen-bond acceptors (Lipinski definition) is 3. The van der Waals surface area contributed by atoms with Crippen molar-refractivity contribution in [3.63, 3.8) is 0 Å². The number of nitrogens with one attached hydrogen (secondary N) is 1. The SMILES string of the molecule is O=C1CCCN1c1cccc(NC2CCCOC2)c1. The van der Waals surface area contributed by atoms with Crippen molar-refractivity contribution in [2.45, 2.75) is 31.7 Å². The Bertz CT molecular complexity index is 455. The van der Waals surface area contributed by atoms with Crippen molar-refractivity contribution in [1.82, 2.24) is 0 Å². The van der Waals surface area contributed by atoms with Crippen LogP contribution < -0.4 is 10.2 Å². The Morgan fingerprint density at radius 2 is 2.26 bits per heavy atom. The molecule has 1 N–H and O–H groups in total. The first-order valence-electron chi connectivity index (χ1n) is 7.08. The Balaban J connectivity index is 1.70. The van der Waals surface area contributed by atoms with Gasteiger partial charge in [0, 0.05) is 37.0 Å². The summed E-state index contributed by atoms with van der Waals surface area (Å²) in [4.78, 5) is 13.6. The summed E-state index contributed by atoms with van der Waals surface area (Å²) >= 11 is 0. The molecule has 3 rings (SSSR count). The smallest absolute Gasteiger partial charge is 0.227 e. The Morgan fingerprint density at radius 1 is 1.32 bits per heavy atom. The molecular formula is C15H20N2O2. The molecule has 0 aromatic heterocycles. The molecule has 0 aliphatic carbocycles. The number of carbonyl (C=O) groups is 1. The lowest BCUT2D eigenvalue weighted by Crippen LogP contribution is -2.30. The van der Waals surface area contributed by atoms with Crippen LogP contribution in [0.4, 0.5) is 11.4 Å². The Labute approximate surface area is 113 Å². The molecule has 0 bridgehead atoms. The van der Waals surface area contributed by atoms with E-state index in [2.05, 4.69) is 17.4 Å². The monoisotopic (exact) mass is 260 g/mol. The van der Waals surface area contributed by atoms with E-state index in [4.69, 9.17) is 4.74 Å². The third kappa shape index (κ3) is 2.89. The number of nitrogens with zero attached hydrogens (tertiary/aromatic N) is 1. The van der Waals surface area contributed by atoms with E-state index in [1.807, 2.05) is 17.0 Å². The van der Waals surface area contributed by atoms with Crippen LogP contribution in [0.5, 0.6) is 0 Å². The van der Waals surface area contributed by atoms with Gasteiger partial charge in [-0.2, -0.15) is 0 Å². The Hall–Kier alpha value is -1.55. The zero-order chi connectivity index (χ0) is 13.1. The van der Waals surface area contributed by atoms with Crippen LogP contribution in [0.15, 0.2) is 24.3 Å². The van der Waals surface area contributed by atoms with E-state index in [1.165, 1.54) is 0 Å². The van der Waals surface area contributed by atoms with Crippen LogP contribution in [0.25, 0.3) is 0 Å². The highest BCUT2D eigenvalue weighted by Crippen LogP contribution is 2.25. The summed E-state index contributed by atoms with van der Waals surface area (Å²) in [6.07, 6.45) is 3.90. The average Bonchev–Trinajstić information content (AvgIpc) is 2.86. The fourth-order valence-electron chi connectivity index (χ4n) is 2.77. The topological polar surface area (TPSA) is 41.6 Å². The molecule has 2 saturated heterocycles. The van der Waals surface area contributed by atoms with Crippen molar-refractivity contribution >= 4 is 17.3 Å². The van der Waals surface area contributed by atoms with Gasteiger partial charge in [0.05, 0.1) is 6.61 Å². The highest BCUT2D eigenvalue weighted by Gasteiger charge is 2.22. The van der Waals surface area contributed by atoms with Gasteiger partial charge in [0.2, 0.25) is 5.91 Å². The Morgan fingerprint density at radius 3 is 3.00 bits per heavy atom. The van der Waals surface area contributed by atoms with Gasteiger partial charge in [0.1, 0.15) is 0 Å². The first-order valence-corrected chi connectivity index (χ1v) is 7.08. The number of rotatable bonds is 3. The van der Waals surface area contributed by atoms with Crippen LogP contribution in [0.3, 0.4) is 0 Å². The van der Waals surface area contributed by atoms with Gasteiger partial charge < -0.3 is 15.0 Å². The second-order valence-corrected chi connectivity index (χ2v) is 5.26. The molecule has 1 aromatic rings. The van der Waals surface area contributed by atoms with Gasteiger partial charge in [0.25, 0.3) is 0 Å². The first-order chi connectivity index (χ1) is 9.33. The van der Waals surface area contributed by atoms with Gasteiger partial charge in [-0.05, 0) is 37.5 Å². The third-order valence-electron chi connectivity index (χ3n) is 3.76. The fourth-order valence-corrected chi connectivity index (χ4v) is 2.77. The highest BCUT2D eigenvalue weighted by atomic mass is 16.5. The maximum absolute atomic E-state index is 11.8. The van der Waals surface area contributed by atoms with E-state index in [1.54, 1.807) is 0 Å². The first kappa shape index (κ1) is 12.5. The second-order valence-electron chi connectivity index (χ2n) is 5.26. The van der Waals surface area contributed by atoms with E-state index < -0.39 is 0 Å². The van der Waals surface area contributed by atoms with E-state index in [0.717, 1.165) is 50.4 Å². The molecule has 0 radical (unpaired) electrons. The minimum Gasteiger partial charge on any atom is -0.380 e. The van der Waals surface area contributed by atoms with Crippen LogP contribution in [0.2, 0.25) is 0 Å². The van der Waals surface area contributed by atoms with Gasteiger partial charge in [-0.15, -0.1) is 0 Å². The van der Waals surface area contributed by atoms with Gasteiger partial charge in [-0.25, -0.2) is 0 Å². The molecule has 0 spiro atoms. The molecular weight excluding hydrogens is 240 g/mol. The zero-order valence-electron chi connectivity index (χ0n) is 11.1. The normalized spacial score (nSPS) is 23.7. The number of hydrogen-bond donors (Lipinski definition) is 1. The summed E-state index contributed by atoms with van der Waals surface area (Å²) in [6, 6.07) is 8.52. The average molecular weight is 260 g/mol. The molecule has 1 aromatic carbocycles. The zero-order valence-corrected chi connectivity index (χ0v) is 11.1. The second kappa shape index (κ2) is 5.61. The minimum atomic E-state index is 0.234. The Kier molecular flexibility index (Phi) is 3.69. The lowest BCUT2D eigenvalue weighted by molar-refractivity contribution is -0.117. The molecule has 1 amide bonds. The number of ether oxygens (including phenoxy) is 1. The van der Waals surface area contributed by atoms with Crippen LogP contribution in [0, 0.1) is 0 Å². The minimum absolute atomic E-state index is 0.234. The molecule has 2 fully saturated rings. The van der Waals surface area contributed by atoms with E-state index in [-0.39, 0.29) is 5.91 Å². The van der Waals surface area contributed by atoms with Crippen molar-refractivity contribution in [2.24, 2.45) is 0 Å². The molecule has 2 aliphatic heterocycles. The third-order valence-corrected chi connectivity index (χ3v) is 3.76. The van der Waals surface area contributed by atoms with Gasteiger partial charge >= 0.3 is 0 Å². The summed E-state index contributed by atoms with van der Waals surface area (Å²) in [5.41, 5.74) is 2.08. The molecule has 4 nitrogen and oxygen atoms in total. The molecule has 102 valence electrons. The van der Waals surface area contributed by atoms with E-state index in [9.17, 15) is 4.79 Å². The number of carbonyl (C=O) groups excluding carboxylic acids is 1.